The molecule has 8 nitrogen and oxygen atoms in total. The number of amides is 2. The van der Waals surface area contributed by atoms with Crippen LogP contribution in [-0.2, 0) is 27.3 Å². The summed E-state index contributed by atoms with van der Waals surface area (Å²) in [5.74, 6) is -0.239. The second-order valence-electron chi connectivity index (χ2n) is 9.91. The molecule has 2 amide bonds. The number of nitrogens with one attached hydrogen (secondary N) is 1. The van der Waals surface area contributed by atoms with E-state index in [0.717, 1.165) is 69.8 Å². The topological polar surface area (TPSA) is 83.5 Å². The fraction of sp³-hybridized carbons (Fsp3) is 0.464. The Hall–Kier alpha value is -3.14. The van der Waals surface area contributed by atoms with Crippen LogP contribution in [0.15, 0.2) is 47.5 Å². The molecule has 2 aromatic carbocycles. The predicted molar refractivity (Wildman–Crippen MR) is 138 cm³/mol. The summed E-state index contributed by atoms with van der Waals surface area (Å²) in [5.41, 5.74) is 6.25. The van der Waals surface area contributed by atoms with E-state index in [-0.39, 0.29) is 29.6 Å². The standard InChI is InChI=1S/C28H33FN4O4/c1-36-31-28(35)21-6-10-24(11-7-21)33-25-16-19(18-32-12-14-37-15-13-32)2-3-22(25)17-26(33)30-27(34)20-4-8-23(29)9-5-20/h2-5,8-9,16,21,24H,6-7,10-15,17-18H2,1H3,(H,31,35). The Bertz CT molecular complexity index is 1160. The lowest BCUT2D eigenvalue weighted by Gasteiger charge is -2.36. The van der Waals surface area contributed by atoms with Crippen molar-refractivity contribution in [3.05, 3.63) is 65.0 Å². The van der Waals surface area contributed by atoms with Gasteiger partial charge in [0.05, 0.1) is 20.3 Å². The highest BCUT2D eigenvalue weighted by atomic mass is 19.1. The first-order chi connectivity index (χ1) is 18.0. The lowest BCUT2D eigenvalue weighted by molar-refractivity contribution is -0.136. The van der Waals surface area contributed by atoms with Crippen molar-refractivity contribution in [2.75, 3.05) is 38.3 Å². The van der Waals surface area contributed by atoms with Gasteiger partial charge in [-0.2, -0.15) is 4.99 Å². The Kier molecular flexibility index (Phi) is 7.93. The van der Waals surface area contributed by atoms with Crippen molar-refractivity contribution in [2.24, 2.45) is 10.9 Å². The molecule has 5 rings (SSSR count). The first-order valence-corrected chi connectivity index (χ1v) is 12.9. The number of halogens is 1. The average molecular weight is 509 g/mol. The smallest absolute Gasteiger partial charge is 0.278 e. The molecular formula is C28H33FN4O4. The van der Waals surface area contributed by atoms with Gasteiger partial charge in [-0.05, 0) is 67.1 Å². The normalized spacial score (nSPS) is 23.2. The lowest BCUT2D eigenvalue weighted by atomic mass is 9.85. The van der Waals surface area contributed by atoms with Gasteiger partial charge in [0.1, 0.15) is 11.7 Å². The summed E-state index contributed by atoms with van der Waals surface area (Å²) in [4.78, 5) is 39.2. The molecule has 37 heavy (non-hydrogen) atoms. The van der Waals surface area contributed by atoms with E-state index < -0.39 is 0 Å². The number of hydroxylamine groups is 1. The number of rotatable bonds is 6. The molecule has 2 aromatic rings. The molecule has 0 spiro atoms. The molecule has 9 heteroatoms. The monoisotopic (exact) mass is 508 g/mol. The number of amidine groups is 1. The third-order valence-corrected chi connectivity index (χ3v) is 7.50. The van der Waals surface area contributed by atoms with Gasteiger partial charge in [-0.15, -0.1) is 0 Å². The van der Waals surface area contributed by atoms with E-state index >= 15 is 0 Å². The minimum Gasteiger partial charge on any atom is -0.379 e. The number of morpholine rings is 1. The summed E-state index contributed by atoms with van der Waals surface area (Å²) in [5, 5.41) is 0. The van der Waals surface area contributed by atoms with E-state index in [0.29, 0.717) is 17.8 Å². The zero-order valence-corrected chi connectivity index (χ0v) is 21.1. The minimum atomic E-state index is -0.388. The van der Waals surface area contributed by atoms with Crippen LogP contribution >= 0.6 is 0 Å². The summed E-state index contributed by atoms with van der Waals surface area (Å²) in [6.07, 6.45) is 3.64. The average Bonchev–Trinajstić information content (AvgIpc) is 3.27. The van der Waals surface area contributed by atoms with Gasteiger partial charge in [0, 0.05) is 49.3 Å². The number of hydrogen-bond acceptors (Lipinski definition) is 5. The van der Waals surface area contributed by atoms with E-state index in [1.807, 2.05) is 0 Å². The number of hydrogen-bond donors (Lipinski definition) is 1. The summed E-state index contributed by atoms with van der Waals surface area (Å²) >= 11 is 0. The van der Waals surface area contributed by atoms with Gasteiger partial charge in [0.2, 0.25) is 5.91 Å². The second kappa shape index (κ2) is 11.5. The highest BCUT2D eigenvalue weighted by Crippen LogP contribution is 2.38. The molecule has 0 radical (unpaired) electrons. The molecule has 3 aliphatic rings. The van der Waals surface area contributed by atoms with Crippen LogP contribution in [0.4, 0.5) is 10.1 Å². The largest absolute Gasteiger partial charge is 0.379 e. The molecule has 0 unspecified atom stereocenters. The molecule has 0 atom stereocenters. The van der Waals surface area contributed by atoms with Crippen molar-refractivity contribution >= 4 is 23.3 Å². The number of carbonyl (C=O) groups is 2. The van der Waals surface area contributed by atoms with Crippen LogP contribution in [0.5, 0.6) is 0 Å². The van der Waals surface area contributed by atoms with Crippen LogP contribution in [0.3, 0.4) is 0 Å². The Morgan fingerprint density at radius 2 is 1.81 bits per heavy atom. The fourth-order valence-corrected chi connectivity index (χ4v) is 5.55. The molecule has 196 valence electrons. The van der Waals surface area contributed by atoms with Crippen LogP contribution in [-0.4, -0.2) is 62.0 Å². The van der Waals surface area contributed by atoms with E-state index in [1.54, 1.807) is 0 Å². The predicted octanol–water partition coefficient (Wildman–Crippen LogP) is 3.50. The number of nitrogens with zero attached hydrogens (tertiary/aromatic N) is 3. The Labute approximate surface area is 216 Å². The molecule has 2 fully saturated rings. The van der Waals surface area contributed by atoms with Gasteiger partial charge < -0.3 is 9.64 Å². The van der Waals surface area contributed by atoms with Crippen LogP contribution < -0.4 is 10.4 Å². The van der Waals surface area contributed by atoms with Gasteiger partial charge in [-0.3, -0.25) is 19.3 Å². The summed E-state index contributed by atoms with van der Waals surface area (Å²) < 4.78 is 18.9. The Morgan fingerprint density at radius 3 is 2.51 bits per heavy atom. The lowest BCUT2D eigenvalue weighted by Crippen LogP contribution is -2.43. The molecule has 0 aromatic heterocycles. The third kappa shape index (κ3) is 5.89. The second-order valence-corrected chi connectivity index (χ2v) is 9.91. The van der Waals surface area contributed by atoms with E-state index in [4.69, 9.17) is 9.57 Å². The van der Waals surface area contributed by atoms with Crippen LogP contribution in [0.1, 0.15) is 47.2 Å². The highest BCUT2D eigenvalue weighted by Gasteiger charge is 2.36. The number of benzene rings is 2. The molecule has 2 aliphatic heterocycles. The maximum atomic E-state index is 13.4. The Balaban J connectivity index is 1.40. The number of anilines is 1. The van der Waals surface area contributed by atoms with Gasteiger partial charge in [0.25, 0.3) is 5.91 Å². The molecule has 1 saturated carbocycles. The number of aliphatic imine (C=N–C) groups is 1. The molecule has 1 N–H and O–H groups in total. The van der Waals surface area contributed by atoms with Crippen molar-refractivity contribution in [3.8, 4) is 0 Å². The van der Waals surface area contributed by atoms with Gasteiger partial charge in [0.15, 0.2) is 0 Å². The van der Waals surface area contributed by atoms with Crippen molar-refractivity contribution < 1.29 is 23.6 Å². The van der Waals surface area contributed by atoms with Crippen LogP contribution in [0.25, 0.3) is 0 Å². The maximum Gasteiger partial charge on any atom is 0.278 e. The fourth-order valence-electron chi connectivity index (χ4n) is 5.55. The zero-order chi connectivity index (χ0) is 25.8. The number of carbonyl (C=O) groups excluding carboxylic acids is 2. The van der Waals surface area contributed by atoms with E-state index in [1.165, 1.54) is 36.9 Å². The molecule has 1 aliphatic carbocycles. The summed E-state index contributed by atoms with van der Waals surface area (Å²) in [6.45, 7) is 4.16. The quantitative estimate of drug-likeness (QED) is 0.602. The minimum absolute atomic E-state index is 0.0871. The number of ether oxygens (including phenoxy) is 1. The maximum absolute atomic E-state index is 13.4. The van der Waals surface area contributed by atoms with E-state index in [2.05, 4.69) is 38.5 Å². The van der Waals surface area contributed by atoms with Crippen molar-refractivity contribution in [2.45, 2.75) is 44.7 Å². The van der Waals surface area contributed by atoms with Crippen molar-refractivity contribution in [1.29, 1.82) is 0 Å². The number of fused-ring (bicyclic) bond motifs is 1. The highest BCUT2D eigenvalue weighted by molar-refractivity contribution is 6.12. The van der Waals surface area contributed by atoms with Gasteiger partial charge >= 0.3 is 0 Å². The van der Waals surface area contributed by atoms with E-state index in [9.17, 15) is 14.0 Å². The van der Waals surface area contributed by atoms with Gasteiger partial charge in [-0.1, -0.05) is 12.1 Å². The van der Waals surface area contributed by atoms with Crippen LogP contribution in [0.2, 0.25) is 0 Å². The zero-order valence-electron chi connectivity index (χ0n) is 21.1. The van der Waals surface area contributed by atoms with Crippen molar-refractivity contribution in [1.82, 2.24) is 10.4 Å². The van der Waals surface area contributed by atoms with Gasteiger partial charge in [-0.25, -0.2) is 9.87 Å². The van der Waals surface area contributed by atoms with Crippen LogP contribution in [0, 0.1) is 11.7 Å². The SMILES string of the molecule is CONC(=O)C1CCC(N2C(=NC(=O)c3ccc(F)cc3)Cc3ccc(CN4CCOCC4)cc32)CC1. The van der Waals surface area contributed by atoms with Crippen molar-refractivity contribution in [3.63, 3.8) is 0 Å². The first-order valence-electron chi connectivity index (χ1n) is 12.9. The molecular weight excluding hydrogens is 475 g/mol. The summed E-state index contributed by atoms with van der Waals surface area (Å²) in [6, 6.07) is 12.1. The molecule has 1 saturated heterocycles. The third-order valence-electron chi connectivity index (χ3n) is 7.50. The molecule has 0 bridgehead atoms. The first kappa shape index (κ1) is 25.5. The molecule has 2 heterocycles. The summed E-state index contributed by atoms with van der Waals surface area (Å²) in [7, 11) is 1.44. The Morgan fingerprint density at radius 1 is 1.08 bits per heavy atom.